The van der Waals surface area contributed by atoms with E-state index in [1.54, 1.807) is 30.3 Å². The first-order valence-corrected chi connectivity index (χ1v) is 14.5. The van der Waals surface area contributed by atoms with Gasteiger partial charge in [-0.2, -0.15) is 0 Å². The van der Waals surface area contributed by atoms with Crippen LogP contribution in [0.25, 0.3) is 21.7 Å². The number of carbonyl (C=O) groups excluding carboxylic acids is 4. The smallest absolute Gasteiger partial charge is 0.328 e. The van der Waals surface area contributed by atoms with Crippen molar-refractivity contribution in [2.24, 2.45) is 0 Å². The Morgan fingerprint density at radius 3 is 2.17 bits per heavy atom. The highest BCUT2D eigenvalue weighted by Crippen LogP contribution is 2.21. The first-order valence-electron chi connectivity index (χ1n) is 14.1. The van der Waals surface area contributed by atoms with Crippen molar-refractivity contribution in [3.63, 3.8) is 0 Å². The number of amides is 3. The number of aliphatic carboxylic acids is 2. The molecule has 0 saturated heterocycles. The van der Waals surface area contributed by atoms with E-state index in [0.717, 1.165) is 17.9 Å². The van der Waals surface area contributed by atoms with Gasteiger partial charge < -0.3 is 35.9 Å². The molecule has 0 aliphatic carbocycles. The van der Waals surface area contributed by atoms with Gasteiger partial charge in [0.05, 0.1) is 13.5 Å². The lowest BCUT2D eigenvalue weighted by molar-refractivity contribution is -0.146. The van der Waals surface area contributed by atoms with E-state index < -0.39 is 66.6 Å². The molecule has 0 aliphatic rings. The van der Waals surface area contributed by atoms with Gasteiger partial charge in [-0.05, 0) is 47.0 Å². The molecule has 46 heavy (non-hydrogen) atoms. The van der Waals surface area contributed by atoms with Crippen LogP contribution in [0.3, 0.4) is 0 Å². The minimum absolute atomic E-state index is 0.0285. The minimum Gasteiger partial charge on any atom is -0.481 e. The van der Waals surface area contributed by atoms with E-state index in [2.05, 4.69) is 25.7 Å². The number of benzene rings is 3. The highest BCUT2D eigenvalue weighted by Gasteiger charge is 2.32. The highest BCUT2D eigenvalue weighted by atomic mass is 35.5. The number of methoxy groups -OCH3 is 1. The average molecular weight is 651 g/mol. The molecule has 0 radical (unpaired) electrons. The Bertz CT molecular complexity index is 1800. The average Bonchev–Trinajstić information content (AvgIpc) is 3.45. The molecule has 3 atom stereocenters. The Morgan fingerprint density at radius 2 is 1.48 bits per heavy atom. The number of carboxylic acids is 2. The first-order chi connectivity index (χ1) is 21.9. The number of aromatic amines is 1. The monoisotopic (exact) mass is 650 g/mol. The van der Waals surface area contributed by atoms with Gasteiger partial charge in [-0.25, -0.2) is 4.79 Å². The third-order valence-corrected chi connectivity index (χ3v) is 7.40. The number of H-pyrrole nitrogens is 1. The van der Waals surface area contributed by atoms with Gasteiger partial charge in [0.15, 0.2) is 0 Å². The molecule has 0 fully saturated rings. The molecule has 0 bridgehead atoms. The molecule has 0 spiro atoms. The number of hydrogen-bond acceptors (Lipinski definition) is 7. The van der Waals surface area contributed by atoms with Gasteiger partial charge in [-0.15, -0.1) is 0 Å². The van der Waals surface area contributed by atoms with Crippen molar-refractivity contribution in [2.45, 2.75) is 43.8 Å². The summed E-state index contributed by atoms with van der Waals surface area (Å²) in [5.74, 6) is -6.19. The molecule has 3 aromatic carbocycles. The number of ether oxygens (including phenoxy) is 1. The van der Waals surface area contributed by atoms with Crippen LogP contribution in [-0.4, -0.2) is 76.1 Å². The summed E-state index contributed by atoms with van der Waals surface area (Å²) in [4.78, 5) is 78.0. The number of esters is 1. The third-order valence-electron chi connectivity index (χ3n) is 7.16. The zero-order valence-electron chi connectivity index (χ0n) is 24.5. The fraction of sp³-hybridized carbons (Fsp3) is 0.250. The van der Waals surface area contributed by atoms with E-state index in [0.29, 0.717) is 21.5 Å². The fourth-order valence-corrected chi connectivity index (χ4v) is 5.04. The van der Waals surface area contributed by atoms with Crippen LogP contribution in [-0.2, 0) is 35.1 Å². The van der Waals surface area contributed by atoms with Crippen molar-refractivity contribution in [1.29, 1.82) is 0 Å². The normalized spacial score (nSPS) is 12.9. The Morgan fingerprint density at radius 1 is 0.783 bits per heavy atom. The van der Waals surface area contributed by atoms with Gasteiger partial charge in [0, 0.05) is 28.8 Å². The van der Waals surface area contributed by atoms with Gasteiger partial charge in [-0.3, -0.25) is 24.0 Å². The van der Waals surface area contributed by atoms with Crippen molar-refractivity contribution < 1.29 is 43.7 Å². The van der Waals surface area contributed by atoms with Crippen LogP contribution in [0.1, 0.15) is 35.3 Å². The summed E-state index contributed by atoms with van der Waals surface area (Å²) in [6.07, 6.45) is -1.73. The first kappa shape index (κ1) is 33.5. The number of aromatic nitrogens is 1. The molecular weight excluding hydrogens is 620 g/mol. The quantitative estimate of drug-likeness (QED) is 0.111. The van der Waals surface area contributed by atoms with Crippen LogP contribution in [0.15, 0.2) is 66.7 Å². The van der Waals surface area contributed by atoms with E-state index in [4.69, 9.17) is 16.7 Å². The molecule has 1 aromatic heterocycles. The van der Waals surface area contributed by atoms with E-state index in [9.17, 15) is 33.9 Å². The number of halogens is 1. The Kier molecular flexibility index (Phi) is 10.9. The second-order valence-electron chi connectivity index (χ2n) is 10.5. The van der Waals surface area contributed by atoms with E-state index in [-0.39, 0.29) is 18.5 Å². The van der Waals surface area contributed by atoms with Gasteiger partial charge in [-0.1, -0.05) is 54.1 Å². The predicted octanol–water partition coefficient (Wildman–Crippen LogP) is 2.80. The largest absolute Gasteiger partial charge is 0.481 e. The maximum absolute atomic E-state index is 13.7. The highest BCUT2D eigenvalue weighted by molar-refractivity contribution is 6.31. The predicted molar refractivity (Wildman–Crippen MR) is 167 cm³/mol. The summed E-state index contributed by atoms with van der Waals surface area (Å²) in [5, 5.41) is 28.8. The molecule has 0 saturated carbocycles. The molecule has 4 aromatic rings. The summed E-state index contributed by atoms with van der Waals surface area (Å²) in [6, 6.07) is 15.2. The number of carboxylic acid groups (broad SMARTS) is 2. The van der Waals surface area contributed by atoms with Crippen LogP contribution in [0.4, 0.5) is 0 Å². The summed E-state index contributed by atoms with van der Waals surface area (Å²) < 4.78 is 4.63. The Balaban J connectivity index is 1.60. The van der Waals surface area contributed by atoms with Crippen molar-refractivity contribution in [2.75, 3.05) is 7.11 Å². The summed E-state index contributed by atoms with van der Waals surface area (Å²) in [7, 11) is 1.04. The lowest BCUT2D eigenvalue weighted by atomic mass is 10.0. The van der Waals surface area contributed by atoms with Crippen LogP contribution >= 0.6 is 11.6 Å². The number of rotatable bonds is 14. The van der Waals surface area contributed by atoms with Crippen LogP contribution < -0.4 is 16.0 Å². The molecule has 0 aliphatic heterocycles. The molecule has 240 valence electrons. The standard InChI is InChI=1S/C32H31ClN4O9/c1-46-32(45)23(10-11-27(38)39)35-31(44)26(16-28(40)41)37-29(42)24(13-17-6-7-18-4-2-3-5-19(18)12-17)36-30(43)25-15-20-14-21(33)8-9-22(20)34-25/h2-9,12,14-15,23-24,26,34H,10-11,13,16H2,1H3,(H,35,44)(H,36,43)(H,37,42)(H,38,39)(H,40,41)/t23-,24-,26-/m0/s1. The van der Waals surface area contributed by atoms with E-state index in [1.165, 1.54) is 0 Å². The Labute approximate surface area is 267 Å². The lowest BCUT2D eigenvalue weighted by Crippen LogP contribution is -2.56. The second kappa shape index (κ2) is 15.0. The number of nitrogens with one attached hydrogen (secondary N) is 4. The Hall–Kier alpha value is -5.43. The van der Waals surface area contributed by atoms with Crippen molar-refractivity contribution in [1.82, 2.24) is 20.9 Å². The van der Waals surface area contributed by atoms with Gasteiger partial charge in [0.1, 0.15) is 23.8 Å². The number of fused-ring (bicyclic) bond motifs is 2. The molecule has 13 nitrogen and oxygen atoms in total. The zero-order chi connectivity index (χ0) is 33.4. The van der Waals surface area contributed by atoms with E-state index in [1.807, 2.05) is 36.4 Å². The second-order valence-corrected chi connectivity index (χ2v) is 10.9. The van der Waals surface area contributed by atoms with Gasteiger partial charge in [0.25, 0.3) is 5.91 Å². The molecule has 3 amide bonds. The third kappa shape index (κ3) is 8.82. The SMILES string of the molecule is COC(=O)[C@H](CCC(=O)O)NC(=O)[C@H](CC(=O)O)NC(=O)[C@H](Cc1ccc2ccccc2c1)NC(=O)c1cc2cc(Cl)ccc2[nH]1. The molecule has 14 heteroatoms. The number of hydrogen-bond donors (Lipinski definition) is 6. The lowest BCUT2D eigenvalue weighted by Gasteiger charge is -2.24. The van der Waals surface area contributed by atoms with Crippen LogP contribution in [0, 0.1) is 0 Å². The van der Waals surface area contributed by atoms with Crippen LogP contribution in [0.5, 0.6) is 0 Å². The zero-order valence-corrected chi connectivity index (χ0v) is 25.3. The summed E-state index contributed by atoms with van der Waals surface area (Å²) in [6.45, 7) is 0. The molecular formula is C32H31ClN4O9. The topological polar surface area (TPSA) is 204 Å². The number of carbonyl (C=O) groups is 6. The molecule has 4 rings (SSSR count). The maximum atomic E-state index is 13.7. The fourth-order valence-electron chi connectivity index (χ4n) is 4.86. The van der Waals surface area contributed by atoms with Crippen molar-refractivity contribution in [3.8, 4) is 0 Å². The van der Waals surface area contributed by atoms with Crippen molar-refractivity contribution in [3.05, 3.63) is 83.0 Å². The van der Waals surface area contributed by atoms with Crippen LogP contribution in [0.2, 0.25) is 5.02 Å². The maximum Gasteiger partial charge on any atom is 0.328 e. The molecule has 1 heterocycles. The molecule has 0 unspecified atom stereocenters. The molecule has 6 N–H and O–H groups in total. The van der Waals surface area contributed by atoms with E-state index >= 15 is 0 Å². The van der Waals surface area contributed by atoms with Gasteiger partial charge in [0.2, 0.25) is 11.8 Å². The summed E-state index contributed by atoms with van der Waals surface area (Å²) in [5.41, 5.74) is 1.43. The van der Waals surface area contributed by atoms with Crippen molar-refractivity contribution >= 4 is 68.9 Å². The minimum atomic E-state index is -1.69. The van der Waals surface area contributed by atoms with Gasteiger partial charge >= 0.3 is 17.9 Å². The summed E-state index contributed by atoms with van der Waals surface area (Å²) >= 11 is 6.07.